The molecule has 0 spiro atoms. The molecule has 1 aliphatic carbocycles. The molecule has 1 amide bonds. The molecule has 3 rings (SSSR count). The molecule has 2 unspecified atom stereocenters. The van der Waals surface area contributed by atoms with Crippen LogP contribution in [0.1, 0.15) is 30.7 Å². The van der Waals surface area contributed by atoms with E-state index < -0.39 is 0 Å². The van der Waals surface area contributed by atoms with Crippen molar-refractivity contribution in [1.29, 1.82) is 0 Å². The van der Waals surface area contributed by atoms with E-state index in [-0.39, 0.29) is 43.2 Å². The molecule has 0 bridgehead atoms. The summed E-state index contributed by atoms with van der Waals surface area (Å²) < 4.78 is 5.67. The SMILES string of the molecule is Cc1oc(-c2cccs2)nc1CC(=O)NC1CCCC1CN.Cl.Cl. The largest absolute Gasteiger partial charge is 0.440 e. The van der Waals surface area contributed by atoms with Crippen molar-refractivity contribution < 1.29 is 9.21 Å². The zero-order valence-corrected chi connectivity index (χ0v) is 15.9. The minimum atomic E-state index is -0.000482. The van der Waals surface area contributed by atoms with Gasteiger partial charge in [-0.1, -0.05) is 12.5 Å². The monoisotopic (exact) mass is 391 g/mol. The molecule has 24 heavy (non-hydrogen) atoms. The van der Waals surface area contributed by atoms with Crippen LogP contribution in [-0.4, -0.2) is 23.5 Å². The third kappa shape index (κ3) is 4.72. The Kier molecular flexibility index (Phi) is 8.22. The number of nitrogens with one attached hydrogen (secondary N) is 1. The maximum absolute atomic E-state index is 12.2. The van der Waals surface area contributed by atoms with Crippen molar-refractivity contribution in [2.75, 3.05) is 6.54 Å². The number of halogens is 2. The van der Waals surface area contributed by atoms with Gasteiger partial charge in [-0.3, -0.25) is 4.79 Å². The number of hydrogen-bond acceptors (Lipinski definition) is 5. The third-order valence-electron chi connectivity index (χ3n) is 4.26. The molecule has 2 heterocycles. The highest BCUT2D eigenvalue weighted by Gasteiger charge is 2.27. The lowest BCUT2D eigenvalue weighted by molar-refractivity contribution is -0.121. The van der Waals surface area contributed by atoms with Gasteiger partial charge in [-0.15, -0.1) is 36.2 Å². The van der Waals surface area contributed by atoms with Crippen LogP contribution in [0.2, 0.25) is 0 Å². The quantitative estimate of drug-likeness (QED) is 0.818. The number of nitrogens with zero attached hydrogens (tertiary/aromatic N) is 1. The number of hydrogen-bond donors (Lipinski definition) is 2. The minimum absolute atomic E-state index is 0. The Morgan fingerprint density at radius 3 is 2.92 bits per heavy atom. The summed E-state index contributed by atoms with van der Waals surface area (Å²) in [7, 11) is 0. The van der Waals surface area contributed by atoms with Gasteiger partial charge >= 0.3 is 0 Å². The molecule has 1 saturated carbocycles. The predicted molar refractivity (Wildman–Crippen MR) is 101 cm³/mol. The van der Waals surface area contributed by atoms with Gasteiger partial charge in [0.2, 0.25) is 11.8 Å². The molecule has 0 radical (unpaired) electrons. The number of carbonyl (C=O) groups excluding carboxylic acids is 1. The molecule has 8 heteroatoms. The number of aromatic nitrogens is 1. The number of thiophene rings is 1. The van der Waals surface area contributed by atoms with Crippen molar-refractivity contribution in [3.8, 4) is 10.8 Å². The van der Waals surface area contributed by atoms with Crippen molar-refractivity contribution in [3.05, 3.63) is 29.0 Å². The van der Waals surface area contributed by atoms with E-state index in [1.807, 2.05) is 24.4 Å². The lowest BCUT2D eigenvalue weighted by Crippen LogP contribution is -2.40. The molecule has 5 nitrogen and oxygen atoms in total. The van der Waals surface area contributed by atoms with E-state index in [0.717, 1.165) is 24.1 Å². The first-order chi connectivity index (χ1) is 10.7. The molecule has 0 aromatic carbocycles. The Bertz CT molecular complexity index is 646. The molecule has 3 N–H and O–H groups in total. The standard InChI is InChI=1S/C16H21N3O2S.2ClH/c1-10-13(19-16(21-10)14-6-3-7-22-14)8-15(20)18-12-5-2-4-11(12)9-17;;/h3,6-7,11-12H,2,4-5,8-9,17H2,1H3,(H,18,20);2*1H. The van der Waals surface area contributed by atoms with E-state index in [2.05, 4.69) is 10.3 Å². The van der Waals surface area contributed by atoms with E-state index >= 15 is 0 Å². The summed E-state index contributed by atoms with van der Waals surface area (Å²) in [6.45, 7) is 2.49. The van der Waals surface area contributed by atoms with Gasteiger partial charge in [0.05, 0.1) is 17.0 Å². The summed E-state index contributed by atoms with van der Waals surface area (Å²) in [6.07, 6.45) is 3.52. The molecular weight excluding hydrogens is 369 g/mol. The highest BCUT2D eigenvalue weighted by molar-refractivity contribution is 7.13. The summed E-state index contributed by atoms with van der Waals surface area (Å²) in [4.78, 5) is 17.7. The molecule has 2 atom stereocenters. The van der Waals surface area contributed by atoms with Gasteiger partial charge in [0.25, 0.3) is 0 Å². The maximum Gasteiger partial charge on any atom is 0.236 e. The Balaban J connectivity index is 0.00000144. The molecular formula is C16H23Cl2N3O2S. The second-order valence-corrected chi connectivity index (χ2v) is 6.72. The summed E-state index contributed by atoms with van der Waals surface area (Å²) in [5, 5.41) is 5.08. The first-order valence-corrected chi connectivity index (χ1v) is 8.55. The number of amides is 1. The lowest BCUT2D eigenvalue weighted by atomic mass is 10.0. The number of aryl methyl sites for hydroxylation is 1. The fourth-order valence-corrected chi connectivity index (χ4v) is 3.67. The van der Waals surface area contributed by atoms with E-state index in [9.17, 15) is 4.79 Å². The van der Waals surface area contributed by atoms with Crippen LogP contribution in [0.3, 0.4) is 0 Å². The van der Waals surface area contributed by atoms with Crippen LogP contribution in [0.15, 0.2) is 21.9 Å². The van der Waals surface area contributed by atoms with Crippen molar-refractivity contribution in [2.24, 2.45) is 11.7 Å². The Morgan fingerprint density at radius 2 is 2.25 bits per heavy atom. The van der Waals surface area contributed by atoms with Crippen LogP contribution in [0.4, 0.5) is 0 Å². The van der Waals surface area contributed by atoms with Gasteiger partial charge in [-0.2, -0.15) is 0 Å². The molecule has 2 aromatic rings. The highest BCUT2D eigenvalue weighted by Crippen LogP contribution is 2.27. The second-order valence-electron chi connectivity index (χ2n) is 5.78. The van der Waals surface area contributed by atoms with Crippen LogP contribution in [0.25, 0.3) is 10.8 Å². The fourth-order valence-electron chi connectivity index (χ4n) is 3.02. The molecule has 134 valence electrons. The Morgan fingerprint density at radius 1 is 1.46 bits per heavy atom. The molecule has 2 aromatic heterocycles. The first kappa shape index (κ1) is 21.0. The number of nitrogens with two attached hydrogens (primary N) is 1. The zero-order chi connectivity index (χ0) is 15.5. The maximum atomic E-state index is 12.2. The van der Waals surface area contributed by atoms with Gasteiger partial charge in [0.1, 0.15) is 5.76 Å². The smallest absolute Gasteiger partial charge is 0.236 e. The fraction of sp³-hybridized carbons (Fsp3) is 0.500. The normalized spacial score (nSPS) is 19.4. The average molecular weight is 392 g/mol. The summed E-state index contributed by atoms with van der Waals surface area (Å²) in [5.41, 5.74) is 6.47. The van der Waals surface area contributed by atoms with Crippen LogP contribution in [-0.2, 0) is 11.2 Å². The van der Waals surface area contributed by atoms with Gasteiger partial charge < -0.3 is 15.5 Å². The van der Waals surface area contributed by atoms with Gasteiger partial charge in [0, 0.05) is 6.04 Å². The van der Waals surface area contributed by atoms with Crippen molar-refractivity contribution in [1.82, 2.24) is 10.3 Å². The molecule has 1 fully saturated rings. The first-order valence-electron chi connectivity index (χ1n) is 7.67. The highest BCUT2D eigenvalue weighted by atomic mass is 35.5. The number of carbonyl (C=O) groups is 1. The molecule has 0 aliphatic heterocycles. The van der Waals surface area contributed by atoms with E-state index in [1.54, 1.807) is 11.3 Å². The Labute approximate surface area is 158 Å². The van der Waals surface area contributed by atoms with Gasteiger partial charge in [0.15, 0.2) is 0 Å². The Hall–Kier alpha value is -1.08. The summed E-state index contributed by atoms with van der Waals surface area (Å²) in [6, 6.07) is 4.13. The van der Waals surface area contributed by atoms with Crippen LogP contribution >= 0.6 is 36.2 Å². The third-order valence-corrected chi connectivity index (χ3v) is 5.12. The van der Waals surface area contributed by atoms with Gasteiger partial charge in [-0.25, -0.2) is 4.98 Å². The van der Waals surface area contributed by atoms with Crippen molar-refractivity contribution in [3.63, 3.8) is 0 Å². The summed E-state index contributed by atoms with van der Waals surface area (Å²) in [5.74, 6) is 1.71. The van der Waals surface area contributed by atoms with E-state index in [1.165, 1.54) is 0 Å². The van der Waals surface area contributed by atoms with E-state index in [4.69, 9.17) is 10.2 Å². The zero-order valence-electron chi connectivity index (χ0n) is 13.5. The van der Waals surface area contributed by atoms with E-state index in [0.29, 0.717) is 29.8 Å². The number of rotatable bonds is 5. The van der Waals surface area contributed by atoms with Crippen LogP contribution < -0.4 is 11.1 Å². The predicted octanol–water partition coefficient (Wildman–Crippen LogP) is 3.34. The average Bonchev–Trinajstić information content (AvgIpc) is 3.21. The summed E-state index contributed by atoms with van der Waals surface area (Å²) >= 11 is 1.58. The second kappa shape index (κ2) is 9.42. The molecule has 1 aliphatic rings. The van der Waals surface area contributed by atoms with Crippen LogP contribution in [0.5, 0.6) is 0 Å². The minimum Gasteiger partial charge on any atom is -0.440 e. The van der Waals surface area contributed by atoms with Crippen LogP contribution in [0, 0.1) is 12.8 Å². The van der Waals surface area contributed by atoms with Gasteiger partial charge in [-0.05, 0) is 43.7 Å². The topological polar surface area (TPSA) is 81.2 Å². The lowest BCUT2D eigenvalue weighted by Gasteiger charge is -2.19. The van der Waals surface area contributed by atoms with Crippen molar-refractivity contribution >= 4 is 42.1 Å². The molecule has 0 saturated heterocycles. The number of oxazole rings is 1. The van der Waals surface area contributed by atoms with Crippen molar-refractivity contribution in [2.45, 2.75) is 38.6 Å².